The molecule has 4 fully saturated rings. The van der Waals surface area contributed by atoms with Crippen molar-refractivity contribution in [3.8, 4) is 0 Å². The number of hydrogen-bond acceptors (Lipinski definition) is 4. The van der Waals surface area contributed by atoms with Gasteiger partial charge in [-0.1, -0.05) is 13.5 Å². The van der Waals surface area contributed by atoms with Crippen LogP contribution in [0, 0.1) is 40.4 Å². The molecule has 0 N–H and O–H groups in total. The van der Waals surface area contributed by atoms with Crippen molar-refractivity contribution in [1.82, 2.24) is 0 Å². The van der Waals surface area contributed by atoms with E-state index in [-0.39, 0.29) is 35.1 Å². The fourth-order valence-corrected chi connectivity index (χ4v) is 6.68. The van der Waals surface area contributed by atoms with E-state index < -0.39 is 5.41 Å². The number of esters is 1. The Morgan fingerprint density at radius 1 is 1.25 bits per heavy atom. The molecule has 3 saturated carbocycles. The van der Waals surface area contributed by atoms with Gasteiger partial charge in [0.05, 0.1) is 12.0 Å². The largest absolute Gasteiger partial charge is 0.465 e. The third-order valence-corrected chi connectivity index (χ3v) is 8.10. The molecular weight excluding hydrogens is 304 g/mol. The highest BCUT2D eigenvalue weighted by Crippen LogP contribution is 2.68. The monoisotopic (exact) mass is 330 g/mol. The van der Waals surface area contributed by atoms with E-state index in [0.29, 0.717) is 23.9 Å². The van der Waals surface area contributed by atoms with Crippen molar-refractivity contribution in [3.63, 3.8) is 0 Å². The van der Waals surface area contributed by atoms with Crippen LogP contribution < -0.4 is 0 Å². The summed E-state index contributed by atoms with van der Waals surface area (Å²) in [6.07, 6.45) is 5.02. The van der Waals surface area contributed by atoms with Crippen LogP contribution in [-0.2, 0) is 19.1 Å². The van der Waals surface area contributed by atoms with E-state index in [4.69, 9.17) is 4.74 Å². The zero-order valence-corrected chi connectivity index (χ0v) is 14.5. The summed E-state index contributed by atoms with van der Waals surface area (Å²) in [5.74, 6) is 0.949. The zero-order valence-electron chi connectivity index (χ0n) is 14.5. The molecular formula is C20H26O4. The van der Waals surface area contributed by atoms with Crippen molar-refractivity contribution in [1.29, 1.82) is 0 Å². The molecule has 4 aliphatic rings. The molecule has 0 aromatic rings. The molecule has 0 aromatic carbocycles. The van der Waals surface area contributed by atoms with Crippen LogP contribution in [0.2, 0.25) is 0 Å². The Hall–Kier alpha value is -1.45. The van der Waals surface area contributed by atoms with Crippen molar-refractivity contribution in [3.05, 3.63) is 12.2 Å². The predicted molar refractivity (Wildman–Crippen MR) is 87.9 cm³/mol. The van der Waals surface area contributed by atoms with Gasteiger partial charge in [0.2, 0.25) is 0 Å². The number of fused-ring (bicyclic) bond motifs is 5. The number of rotatable bonds is 2. The summed E-state index contributed by atoms with van der Waals surface area (Å²) in [6, 6.07) is 0. The maximum absolute atomic E-state index is 13.2. The van der Waals surface area contributed by atoms with Gasteiger partial charge in [0.25, 0.3) is 0 Å². The minimum absolute atomic E-state index is 0.0218. The van der Waals surface area contributed by atoms with Gasteiger partial charge in [-0.2, -0.15) is 0 Å². The fraction of sp³-hybridized carbons (Fsp3) is 0.750. The molecule has 24 heavy (non-hydrogen) atoms. The first-order valence-corrected chi connectivity index (χ1v) is 9.19. The predicted octanol–water partition coefficient (Wildman–Crippen LogP) is 2.95. The smallest absolute Gasteiger partial charge is 0.312 e. The van der Waals surface area contributed by atoms with Gasteiger partial charge >= 0.3 is 5.97 Å². The van der Waals surface area contributed by atoms with E-state index >= 15 is 0 Å². The topological polar surface area (TPSA) is 60.4 Å². The number of cyclic esters (lactones) is 1. The SMILES string of the molecule is C=C(C=O)C1CCC2C(C1)C(=O)C1CCC3(C)C(=O)OCC3C12C. The number of carbonyl (C=O) groups excluding carboxylic acids is 3. The Kier molecular flexibility index (Phi) is 3.36. The standard InChI is InChI=1S/C20H26O4/c1-11(9-21)12-4-5-14-13(8-12)17(22)15-6-7-19(2)16(20(14,15)3)10-24-18(19)23/h9,12-16H,1,4-8,10H2,2-3H3. The van der Waals surface area contributed by atoms with E-state index in [9.17, 15) is 14.4 Å². The molecule has 0 spiro atoms. The zero-order chi connectivity index (χ0) is 17.3. The van der Waals surface area contributed by atoms with E-state index in [1.54, 1.807) is 0 Å². The average Bonchev–Trinajstić information content (AvgIpc) is 3.00. The summed E-state index contributed by atoms with van der Waals surface area (Å²) < 4.78 is 5.46. The number of hydrogen-bond donors (Lipinski definition) is 0. The number of carbonyl (C=O) groups is 3. The summed E-state index contributed by atoms with van der Waals surface area (Å²) in [5.41, 5.74) is 0.0587. The second-order valence-corrected chi connectivity index (χ2v) is 8.84. The summed E-state index contributed by atoms with van der Waals surface area (Å²) in [6.45, 7) is 8.60. The Balaban J connectivity index is 1.70. The Labute approximate surface area is 143 Å². The molecule has 7 atom stereocenters. The molecule has 1 aliphatic heterocycles. The number of aldehydes is 1. The van der Waals surface area contributed by atoms with Crippen molar-refractivity contribution >= 4 is 18.0 Å². The summed E-state index contributed by atoms with van der Waals surface area (Å²) in [5, 5.41) is 0. The lowest BCUT2D eigenvalue weighted by Gasteiger charge is -2.51. The van der Waals surface area contributed by atoms with Gasteiger partial charge in [-0.25, -0.2) is 0 Å². The molecule has 0 bridgehead atoms. The van der Waals surface area contributed by atoms with Gasteiger partial charge in [-0.3, -0.25) is 14.4 Å². The lowest BCUT2D eigenvalue weighted by Crippen LogP contribution is -2.51. The molecule has 3 aliphatic carbocycles. The van der Waals surface area contributed by atoms with Crippen molar-refractivity contribution < 1.29 is 19.1 Å². The van der Waals surface area contributed by atoms with Crippen molar-refractivity contribution in [2.75, 3.05) is 6.61 Å². The van der Waals surface area contributed by atoms with Gasteiger partial charge in [-0.15, -0.1) is 0 Å². The molecule has 4 heteroatoms. The molecule has 7 unspecified atom stereocenters. The third kappa shape index (κ3) is 1.77. The van der Waals surface area contributed by atoms with E-state index in [1.165, 1.54) is 0 Å². The van der Waals surface area contributed by atoms with Gasteiger partial charge < -0.3 is 4.74 Å². The lowest BCUT2D eigenvalue weighted by atomic mass is 9.50. The maximum Gasteiger partial charge on any atom is 0.312 e. The molecule has 4 nitrogen and oxygen atoms in total. The van der Waals surface area contributed by atoms with Gasteiger partial charge in [0.1, 0.15) is 12.1 Å². The number of ether oxygens (including phenoxy) is 1. The summed E-state index contributed by atoms with van der Waals surface area (Å²) >= 11 is 0. The second kappa shape index (κ2) is 5.03. The quantitative estimate of drug-likeness (QED) is 0.444. The van der Waals surface area contributed by atoms with Crippen LogP contribution in [0.5, 0.6) is 0 Å². The van der Waals surface area contributed by atoms with E-state index in [2.05, 4.69) is 13.5 Å². The molecule has 4 rings (SSSR count). The fourth-order valence-electron chi connectivity index (χ4n) is 6.68. The van der Waals surface area contributed by atoms with Gasteiger partial charge in [0, 0.05) is 17.8 Å². The molecule has 1 saturated heterocycles. The molecule has 1 heterocycles. The van der Waals surface area contributed by atoms with Gasteiger partial charge in [-0.05, 0) is 61.9 Å². The normalized spacial score (nSPS) is 49.8. The first-order valence-electron chi connectivity index (χ1n) is 9.19. The van der Waals surface area contributed by atoms with Crippen LogP contribution in [0.1, 0.15) is 46.0 Å². The highest BCUT2D eigenvalue weighted by molar-refractivity contribution is 5.89. The van der Waals surface area contributed by atoms with Crippen LogP contribution >= 0.6 is 0 Å². The van der Waals surface area contributed by atoms with Crippen LogP contribution in [-0.4, -0.2) is 24.6 Å². The number of ketones is 1. The second-order valence-electron chi connectivity index (χ2n) is 8.84. The summed E-state index contributed by atoms with van der Waals surface area (Å²) in [4.78, 5) is 36.6. The first-order chi connectivity index (χ1) is 11.3. The first kappa shape index (κ1) is 16.0. The number of allylic oxidation sites excluding steroid dienone is 1. The minimum Gasteiger partial charge on any atom is -0.465 e. The average molecular weight is 330 g/mol. The highest BCUT2D eigenvalue weighted by atomic mass is 16.5. The molecule has 0 aromatic heterocycles. The van der Waals surface area contributed by atoms with Gasteiger partial charge in [0.15, 0.2) is 0 Å². The Bertz CT molecular complexity index is 638. The molecule has 0 amide bonds. The lowest BCUT2D eigenvalue weighted by molar-refractivity contribution is -0.150. The van der Waals surface area contributed by atoms with Crippen LogP contribution in [0.25, 0.3) is 0 Å². The van der Waals surface area contributed by atoms with Crippen molar-refractivity contribution in [2.24, 2.45) is 40.4 Å². The van der Waals surface area contributed by atoms with Crippen molar-refractivity contribution in [2.45, 2.75) is 46.0 Å². The van der Waals surface area contributed by atoms with Crippen LogP contribution in [0.3, 0.4) is 0 Å². The molecule has 0 radical (unpaired) electrons. The molecule has 130 valence electrons. The number of Topliss-reactive ketones (excluding diaryl/α,β-unsaturated/α-hetero) is 1. The Morgan fingerprint density at radius 3 is 2.71 bits per heavy atom. The summed E-state index contributed by atoms with van der Waals surface area (Å²) in [7, 11) is 0. The highest BCUT2D eigenvalue weighted by Gasteiger charge is 2.69. The maximum atomic E-state index is 13.2. The van der Waals surface area contributed by atoms with E-state index in [0.717, 1.165) is 38.4 Å². The third-order valence-electron chi connectivity index (χ3n) is 8.10. The van der Waals surface area contributed by atoms with Crippen LogP contribution in [0.15, 0.2) is 12.2 Å². The van der Waals surface area contributed by atoms with E-state index in [1.807, 2.05) is 6.92 Å². The Morgan fingerprint density at radius 2 is 2.00 bits per heavy atom. The van der Waals surface area contributed by atoms with Crippen LogP contribution in [0.4, 0.5) is 0 Å². The minimum atomic E-state index is -0.427.